The number of fused-ring (bicyclic) bond motifs is 1. The SMILES string of the molecule is COc1cccc(-c2cccc3c2CCC3CCOc2cc(OCc3cncc(C#N)c3)c(CN3CCC(O)CC3)cc2Cl)c1F. The maximum atomic E-state index is 15.1. The fourth-order valence-corrected chi connectivity index (χ4v) is 6.77. The minimum Gasteiger partial charge on any atom is -0.494 e. The van der Waals surface area contributed by atoms with Crippen LogP contribution in [0.3, 0.4) is 0 Å². The Bertz CT molecular complexity index is 1730. The molecule has 1 aliphatic heterocycles. The Morgan fingerprint density at radius 3 is 2.61 bits per heavy atom. The van der Waals surface area contributed by atoms with Gasteiger partial charge < -0.3 is 19.3 Å². The van der Waals surface area contributed by atoms with Crippen molar-refractivity contribution in [2.45, 2.75) is 57.3 Å². The van der Waals surface area contributed by atoms with Gasteiger partial charge in [-0.25, -0.2) is 4.39 Å². The van der Waals surface area contributed by atoms with Gasteiger partial charge in [-0.2, -0.15) is 5.26 Å². The van der Waals surface area contributed by atoms with Crippen molar-refractivity contribution in [3.8, 4) is 34.4 Å². The smallest absolute Gasteiger partial charge is 0.172 e. The molecule has 0 spiro atoms. The first kappa shape index (κ1) is 31.8. The fourth-order valence-electron chi connectivity index (χ4n) is 6.53. The van der Waals surface area contributed by atoms with E-state index >= 15 is 4.39 Å². The quantitative estimate of drug-likeness (QED) is 0.182. The summed E-state index contributed by atoms with van der Waals surface area (Å²) in [6.07, 6.45) is 7.04. The highest BCUT2D eigenvalue weighted by Gasteiger charge is 2.27. The largest absolute Gasteiger partial charge is 0.494 e. The van der Waals surface area contributed by atoms with E-state index in [4.69, 9.17) is 25.8 Å². The van der Waals surface area contributed by atoms with Gasteiger partial charge in [-0.05, 0) is 72.9 Å². The minimum atomic E-state index is -0.340. The maximum absolute atomic E-state index is 15.1. The van der Waals surface area contributed by atoms with E-state index in [-0.39, 0.29) is 30.2 Å². The Labute approximate surface area is 274 Å². The summed E-state index contributed by atoms with van der Waals surface area (Å²) in [7, 11) is 1.48. The molecule has 0 amide bonds. The van der Waals surface area contributed by atoms with Crippen molar-refractivity contribution < 1.29 is 23.7 Å². The summed E-state index contributed by atoms with van der Waals surface area (Å²) in [4.78, 5) is 6.43. The van der Waals surface area contributed by atoms with Gasteiger partial charge in [0.1, 0.15) is 24.2 Å². The predicted molar refractivity (Wildman–Crippen MR) is 175 cm³/mol. The van der Waals surface area contributed by atoms with Crippen LogP contribution >= 0.6 is 11.6 Å². The molecule has 2 heterocycles. The van der Waals surface area contributed by atoms with E-state index < -0.39 is 0 Å². The second kappa shape index (κ2) is 14.5. The second-order valence-corrected chi connectivity index (χ2v) is 12.4. The van der Waals surface area contributed by atoms with E-state index in [1.54, 1.807) is 24.4 Å². The van der Waals surface area contributed by atoms with Crippen molar-refractivity contribution in [2.75, 3.05) is 26.8 Å². The molecule has 238 valence electrons. The van der Waals surface area contributed by atoms with Gasteiger partial charge in [-0.1, -0.05) is 41.9 Å². The molecule has 1 saturated heterocycles. The van der Waals surface area contributed by atoms with Crippen LogP contribution in [0, 0.1) is 17.1 Å². The molecule has 0 saturated carbocycles. The minimum absolute atomic E-state index is 0.240. The average molecular weight is 642 g/mol. The van der Waals surface area contributed by atoms with Crippen molar-refractivity contribution in [1.82, 2.24) is 9.88 Å². The van der Waals surface area contributed by atoms with Gasteiger partial charge in [-0.3, -0.25) is 9.88 Å². The Kier molecular flexibility index (Phi) is 10.0. The van der Waals surface area contributed by atoms with Crippen molar-refractivity contribution in [2.24, 2.45) is 0 Å². The first-order valence-electron chi connectivity index (χ1n) is 15.7. The highest BCUT2D eigenvalue weighted by atomic mass is 35.5. The third-order valence-corrected chi connectivity index (χ3v) is 9.27. The van der Waals surface area contributed by atoms with Crippen LogP contribution in [-0.4, -0.2) is 47.9 Å². The Morgan fingerprint density at radius 2 is 1.80 bits per heavy atom. The first-order chi connectivity index (χ1) is 22.4. The molecule has 6 rings (SSSR count). The van der Waals surface area contributed by atoms with Crippen molar-refractivity contribution in [3.05, 3.63) is 106 Å². The zero-order valence-corrected chi connectivity index (χ0v) is 26.6. The molecule has 0 bridgehead atoms. The third-order valence-electron chi connectivity index (χ3n) is 8.98. The monoisotopic (exact) mass is 641 g/mol. The summed E-state index contributed by atoms with van der Waals surface area (Å²) < 4.78 is 32.9. The first-order valence-corrected chi connectivity index (χ1v) is 16.1. The van der Waals surface area contributed by atoms with E-state index in [1.165, 1.54) is 24.4 Å². The van der Waals surface area contributed by atoms with Crippen LogP contribution in [0.15, 0.2) is 67.0 Å². The number of nitrogens with zero attached hydrogens (tertiary/aromatic N) is 3. The van der Waals surface area contributed by atoms with Crippen LogP contribution in [0.25, 0.3) is 11.1 Å². The number of benzene rings is 3. The molecule has 7 nitrogen and oxygen atoms in total. The number of methoxy groups -OCH3 is 1. The van der Waals surface area contributed by atoms with E-state index in [2.05, 4.69) is 22.0 Å². The van der Waals surface area contributed by atoms with Crippen LogP contribution in [0.5, 0.6) is 17.2 Å². The Hall–Kier alpha value is -4.16. The number of ether oxygens (including phenoxy) is 3. The number of rotatable bonds is 11. The lowest BCUT2D eigenvalue weighted by Gasteiger charge is -2.30. The summed E-state index contributed by atoms with van der Waals surface area (Å²) in [5, 5.41) is 19.7. The van der Waals surface area contributed by atoms with Crippen molar-refractivity contribution >= 4 is 11.6 Å². The number of pyridine rings is 1. The predicted octanol–water partition coefficient (Wildman–Crippen LogP) is 7.46. The highest BCUT2D eigenvalue weighted by Crippen LogP contribution is 2.42. The van der Waals surface area contributed by atoms with Gasteiger partial charge in [0.25, 0.3) is 0 Å². The number of nitriles is 1. The van der Waals surface area contributed by atoms with Gasteiger partial charge in [0.2, 0.25) is 0 Å². The number of hydrogen-bond acceptors (Lipinski definition) is 7. The molecule has 9 heteroatoms. The summed E-state index contributed by atoms with van der Waals surface area (Å²) in [6.45, 7) is 2.91. The average Bonchev–Trinajstić information content (AvgIpc) is 3.49. The molecule has 0 radical (unpaired) electrons. The van der Waals surface area contributed by atoms with Crippen LogP contribution in [0.4, 0.5) is 4.39 Å². The van der Waals surface area contributed by atoms with Gasteiger partial charge in [0.05, 0.1) is 30.4 Å². The zero-order valence-electron chi connectivity index (χ0n) is 25.8. The number of piperidine rings is 1. The van der Waals surface area contributed by atoms with Gasteiger partial charge in [0.15, 0.2) is 11.6 Å². The number of likely N-dealkylation sites (tertiary alicyclic amines) is 1. The number of hydrogen-bond donors (Lipinski definition) is 1. The number of halogens is 2. The van der Waals surface area contributed by atoms with E-state index in [9.17, 15) is 10.4 Å². The third kappa shape index (κ3) is 7.13. The standard InChI is InChI=1S/C37H37ClFN3O4/c1-44-34-7-3-6-32(37(34)39)30-5-2-4-29-26(8-9-31(29)30)12-15-45-36-18-35(46-23-25-16-24(19-40)20-41-21-25)27(17-33(36)38)22-42-13-10-28(43)11-14-42/h2-7,16-18,20-21,26,28,43H,8-15,22-23H2,1H3. The van der Waals surface area contributed by atoms with Crippen molar-refractivity contribution in [1.29, 1.82) is 5.26 Å². The van der Waals surface area contributed by atoms with Crippen LogP contribution in [-0.2, 0) is 19.6 Å². The molecule has 1 aromatic heterocycles. The normalized spacial score (nSPS) is 16.5. The summed E-state index contributed by atoms with van der Waals surface area (Å²) >= 11 is 6.77. The Balaban J connectivity index is 1.17. The molecule has 46 heavy (non-hydrogen) atoms. The molecule has 4 aromatic rings. The lowest BCUT2D eigenvalue weighted by Crippen LogP contribution is -2.35. The lowest BCUT2D eigenvalue weighted by molar-refractivity contribution is 0.0787. The molecule has 1 atom stereocenters. The van der Waals surface area contributed by atoms with Gasteiger partial charge >= 0.3 is 0 Å². The highest BCUT2D eigenvalue weighted by molar-refractivity contribution is 6.32. The van der Waals surface area contributed by atoms with Crippen molar-refractivity contribution in [3.63, 3.8) is 0 Å². The van der Waals surface area contributed by atoms with Crippen LogP contribution in [0.2, 0.25) is 5.02 Å². The van der Waals surface area contributed by atoms with E-state index in [0.717, 1.165) is 61.9 Å². The van der Waals surface area contributed by atoms with E-state index in [1.807, 2.05) is 30.3 Å². The summed E-state index contributed by atoms with van der Waals surface area (Å²) in [6, 6.07) is 19.0. The molecular formula is C37H37ClFN3O4. The molecule has 1 N–H and O–H groups in total. The van der Waals surface area contributed by atoms with Gasteiger partial charge in [-0.15, -0.1) is 0 Å². The van der Waals surface area contributed by atoms with Crippen LogP contribution < -0.4 is 14.2 Å². The molecular weight excluding hydrogens is 605 g/mol. The molecule has 2 aliphatic rings. The molecule has 3 aromatic carbocycles. The van der Waals surface area contributed by atoms with Gasteiger partial charge in [0, 0.05) is 54.8 Å². The molecule has 1 aliphatic carbocycles. The molecule has 1 fully saturated rings. The Morgan fingerprint density at radius 1 is 1.00 bits per heavy atom. The summed E-state index contributed by atoms with van der Waals surface area (Å²) in [5.74, 6) is 1.39. The summed E-state index contributed by atoms with van der Waals surface area (Å²) in [5.41, 5.74) is 6.07. The molecule has 1 unspecified atom stereocenters. The van der Waals surface area contributed by atoms with Crippen LogP contribution in [0.1, 0.15) is 59.4 Å². The zero-order chi connectivity index (χ0) is 32.0. The number of aliphatic hydroxyl groups is 1. The topological polar surface area (TPSA) is 87.8 Å². The number of aliphatic hydroxyl groups excluding tert-OH is 1. The maximum Gasteiger partial charge on any atom is 0.172 e. The lowest BCUT2D eigenvalue weighted by atomic mass is 9.93. The fraction of sp³-hybridized carbons (Fsp3) is 0.351. The second-order valence-electron chi connectivity index (χ2n) is 11.9. The van der Waals surface area contributed by atoms with E-state index in [0.29, 0.717) is 40.8 Å². The number of aromatic nitrogens is 1.